The molecule has 2 heterocycles. The highest BCUT2D eigenvalue weighted by Crippen LogP contribution is 2.23. The average molecular weight is 291 g/mol. The molecule has 116 valence electrons. The molecule has 1 aromatic heterocycles. The van der Waals surface area contributed by atoms with E-state index in [-0.39, 0.29) is 18.1 Å². The Hall–Kier alpha value is -1.49. The molecular formula is C16H25N3O2. The Balaban J connectivity index is 2.26. The van der Waals surface area contributed by atoms with Crippen LogP contribution < -0.4 is 0 Å². The highest BCUT2D eigenvalue weighted by Gasteiger charge is 2.28. The minimum atomic E-state index is -0.387. The van der Waals surface area contributed by atoms with Gasteiger partial charge in [0.05, 0.1) is 23.1 Å². The van der Waals surface area contributed by atoms with Crippen molar-refractivity contribution in [3.63, 3.8) is 0 Å². The Labute approximate surface area is 126 Å². The number of aromatic nitrogens is 2. The molecule has 1 fully saturated rings. The number of carbonyl (C=O) groups excluding carboxylic acids is 1. The smallest absolute Gasteiger partial charge is 0.256 e. The molecule has 2 unspecified atom stereocenters. The second-order valence-corrected chi connectivity index (χ2v) is 6.07. The molecule has 1 saturated heterocycles. The molecule has 1 aliphatic rings. The number of aliphatic hydroxyl groups excluding tert-OH is 1. The molecule has 21 heavy (non-hydrogen) atoms. The molecular weight excluding hydrogens is 266 g/mol. The molecule has 5 nitrogen and oxygen atoms in total. The summed E-state index contributed by atoms with van der Waals surface area (Å²) in [7, 11) is 0. The van der Waals surface area contributed by atoms with Crippen LogP contribution in [-0.2, 0) is 0 Å². The third-order valence-electron chi connectivity index (χ3n) is 4.08. The summed E-state index contributed by atoms with van der Waals surface area (Å²) in [5, 5.41) is 17.8. The Bertz CT molecular complexity index is 502. The van der Waals surface area contributed by atoms with E-state index in [1.165, 1.54) is 0 Å². The van der Waals surface area contributed by atoms with Crippen LogP contribution in [0, 0.1) is 13.8 Å². The molecule has 0 radical (unpaired) electrons. The Kier molecular flexibility index (Phi) is 5.28. The van der Waals surface area contributed by atoms with Crippen LogP contribution in [-0.4, -0.2) is 44.8 Å². The number of likely N-dealkylation sites (tertiary alicyclic amines) is 1. The summed E-state index contributed by atoms with van der Waals surface area (Å²) in [6.07, 6.45) is 4.51. The van der Waals surface area contributed by atoms with Gasteiger partial charge in [0.15, 0.2) is 0 Å². The molecule has 1 aromatic rings. The van der Waals surface area contributed by atoms with E-state index in [1.54, 1.807) is 6.92 Å². The third kappa shape index (κ3) is 4.00. The normalized spacial score (nSPS) is 21.0. The van der Waals surface area contributed by atoms with E-state index in [1.807, 2.05) is 24.8 Å². The van der Waals surface area contributed by atoms with Crippen LogP contribution in [0.4, 0.5) is 0 Å². The molecule has 2 atom stereocenters. The van der Waals surface area contributed by atoms with Crippen molar-refractivity contribution in [2.45, 2.75) is 65.0 Å². The van der Waals surface area contributed by atoms with E-state index in [9.17, 15) is 9.90 Å². The van der Waals surface area contributed by atoms with E-state index in [0.29, 0.717) is 17.7 Å². The van der Waals surface area contributed by atoms with E-state index in [2.05, 4.69) is 10.2 Å². The first kappa shape index (κ1) is 15.9. The monoisotopic (exact) mass is 291 g/mol. The van der Waals surface area contributed by atoms with Crippen molar-refractivity contribution in [2.75, 3.05) is 6.54 Å². The molecule has 0 aromatic carbocycles. The van der Waals surface area contributed by atoms with Gasteiger partial charge in [-0.15, -0.1) is 0 Å². The first-order chi connectivity index (χ1) is 9.99. The van der Waals surface area contributed by atoms with Gasteiger partial charge in [0, 0.05) is 12.6 Å². The van der Waals surface area contributed by atoms with Gasteiger partial charge in [0.1, 0.15) is 0 Å². The molecule has 0 aliphatic carbocycles. The maximum atomic E-state index is 12.9. The van der Waals surface area contributed by atoms with Gasteiger partial charge in [-0.2, -0.15) is 10.2 Å². The summed E-state index contributed by atoms with van der Waals surface area (Å²) in [5.41, 5.74) is 2.07. The summed E-state index contributed by atoms with van der Waals surface area (Å²) in [5.74, 6) is 0.0260. The second-order valence-electron chi connectivity index (χ2n) is 6.07. The molecule has 2 rings (SSSR count). The van der Waals surface area contributed by atoms with Gasteiger partial charge in [-0.05, 0) is 46.1 Å². The predicted octanol–water partition coefficient (Wildman–Crippen LogP) is 2.25. The minimum Gasteiger partial charge on any atom is -0.393 e. The lowest BCUT2D eigenvalue weighted by molar-refractivity contribution is 0.0605. The van der Waals surface area contributed by atoms with Crippen LogP contribution in [0.1, 0.15) is 60.8 Å². The highest BCUT2D eigenvalue weighted by atomic mass is 16.3. The van der Waals surface area contributed by atoms with Crippen LogP contribution in [0.2, 0.25) is 0 Å². The summed E-state index contributed by atoms with van der Waals surface area (Å²) in [6.45, 7) is 6.22. The van der Waals surface area contributed by atoms with E-state index < -0.39 is 0 Å². The first-order valence-electron chi connectivity index (χ1n) is 7.79. The van der Waals surface area contributed by atoms with Gasteiger partial charge < -0.3 is 10.0 Å². The minimum absolute atomic E-state index is 0.0260. The van der Waals surface area contributed by atoms with Crippen molar-refractivity contribution < 1.29 is 9.90 Å². The number of nitrogens with zero attached hydrogens (tertiary/aromatic N) is 3. The lowest BCUT2D eigenvalue weighted by Crippen LogP contribution is -2.42. The fourth-order valence-electron chi connectivity index (χ4n) is 3.00. The fraction of sp³-hybridized carbons (Fsp3) is 0.688. The molecule has 1 amide bonds. The predicted molar refractivity (Wildman–Crippen MR) is 81.1 cm³/mol. The summed E-state index contributed by atoms with van der Waals surface area (Å²) >= 11 is 0. The summed E-state index contributed by atoms with van der Waals surface area (Å²) in [4.78, 5) is 14.8. The van der Waals surface area contributed by atoms with E-state index in [4.69, 9.17) is 0 Å². The lowest BCUT2D eigenvalue weighted by atomic mass is 10.0. The molecule has 5 heteroatoms. The zero-order valence-corrected chi connectivity index (χ0v) is 13.2. The average Bonchev–Trinajstić information content (AvgIpc) is 2.65. The van der Waals surface area contributed by atoms with Gasteiger partial charge in [-0.3, -0.25) is 4.79 Å². The van der Waals surface area contributed by atoms with Crippen molar-refractivity contribution >= 4 is 5.91 Å². The maximum absolute atomic E-state index is 12.9. The van der Waals surface area contributed by atoms with Crippen LogP contribution >= 0.6 is 0 Å². The number of aliphatic hydroxyl groups is 1. The van der Waals surface area contributed by atoms with Crippen LogP contribution in [0.25, 0.3) is 0 Å². The van der Waals surface area contributed by atoms with E-state index >= 15 is 0 Å². The lowest BCUT2D eigenvalue weighted by Gasteiger charge is -2.31. The molecule has 0 spiro atoms. The van der Waals surface area contributed by atoms with Gasteiger partial charge >= 0.3 is 0 Å². The van der Waals surface area contributed by atoms with Crippen molar-refractivity contribution in [1.82, 2.24) is 15.1 Å². The van der Waals surface area contributed by atoms with Gasteiger partial charge in [0.25, 0.3) is 5.91 Å². The topological polar surface area (TPSA) is 66.3 Å². The number of aryl methyl sites for hydroxylation is 2. The molecule has 0 bridgehead atoms. The van der Waals surface area contributed by atoms with Crippen LogP contribution in [0.15, 0.2) is 6.07 Å². The quantitative estimate of drug-likeness (QED) is 0.927. The maximum Gasteiger partial charge on any atom is 0.256 e. The Morgan fingerprint density at radius 2 is 2.14 bits per heavy atom. The second kappa shape index (κ2) is 6.98. The Morgan fingerprint density at radius 3 is 2.86 bits per heavy atom. The summed E-state index contributed by atoms with van der Waals surface area (Å²) < 4.78 is 0. The summed E-state index contributed by atoms with van der Waals surface area (Å²) in [6, 6.07) is 1.93. The van der Waals surface area contributed by atoms with Gasteiger partial charge in [-0.25, -0.2) is 0 Å². The number of rotatable bonds is 3. The SMILES string of the molecule is Cc1cc(C(=O)N2CCCCCC2CC(C)O)c(C)nn1. The van der Waals surface area contributed by atoms with Gasteiger partial charge in [-0.1, -0.05) is 12.8 Å². The number of hydrogen-bond acceptors (Lipinski definition) is 4. The highest BCUT2D eigenvalue weighted by molar-refractivity contribution is 5.95. The van der Waals surface area contributed by atoms with Crippen molar-refractivity contribution in [3.05, 3.63) is 23.0 Å². The zero-order valence-electron chi connectivity index (χ0n) is 13.2. The number of amides is 1. The molecule has 1 aliphatic heterocycles. The van der Waals surface area contributed by atoms with Crippen molar-refractivity contribution in [3.8, 4) is 0 Å². The standard InChI is InChI=1S/C16H25N3O2/c1-11-9-15(13(3)18-17-11)16(21)19-8-6-4-5-7-14(19)10-12(2)20/h9,12,14,20H,4-8,10H2,1-3H3. The largest absolute Gasteiger partial charge is 0.393 e. The van der Waals surface area contributed by atoms with Crippen molar-refractivity contribution in [2.24, 2.45) is 0 Å². The fourth-order valence-corrected chi connectivity index (χ4v) is 3.00. The van der Waals surface area contributed by atoms with Crippen LogP contribution in [0.5, 0.6) is 0 Å². The van der Waals surface area contributed by atoms with Gasteiger partial charge in [0.2, 0.25) is 0 Å². The number of hydrogen-bond donors (Lipinski definition) is 1. The first-order valence-corrected chi connectivity index (χ1v) is 7.79. The Morgan fingerprint density at radius 1 is 1.38 bits per heavy atom. The van der Waals surface area contributed by atoms with Crippen LogP contribution in [0.3, 0.4) is 0 Å². The number of carbonyl (C=O) groups is 1. The molecule has 0 saturated carbocycles. The third-order valence-corrected chi connectivity index (χ3v) is 4.08. The molecule has 1 N–H and O–H groups in total. The van der Waals surface area contributed by atoms with Crippen molar-refractivity contribution in [1.29, 1.82) is 0 Å². The zero-order chi connectivity index (χ0) is 15.4. The van der Waals surface area contributed by atoms with E-state index in [0.717, 1.165) is 37.9 Å².